The molecule has 0 aromatic heterocycles. The van der Waals surface area contributed by atoms with Crippen molar-refractivity contribution >= 4 is 15.9 Å². The summed E-state index contributed by atoms with van der Waals surface area (Å²) in [5.41, 5.74) is 0. The number of benzene rings is 1. The fourth-order valence-electron chi connectivity index (χ4n) is 0.785. The molecule has 0 unspecified atom stereocenters. The third kappa shape index (κ3) is 2.98. The fraction of sp³-hybridized carbons (Fsp3) is 0.200. The molecular weight excluding hydrogens is 216 g/mol. The van der Waals surface area contributed by atoms with Crippen LogP contribution in [-0.4, -0.2) is 6.61 Å². The summed E-state index contributed by atoms with van der Waals surface area (Å²) in [6.07, 6.45) is 5.73. The second kappa shape index (κ2) is 4.84. The van der Waals surface area contributed by atoms with E-state index in [1.54, 1.807) is 0 Å². The highest BCUT2D eigenvalue weighted by Gasteiger charge is 1.92. The Bertz CT molecular complexity index is 288. The zero-order chi connectivity index (χ0) is 8.81. The fourth-order valence-corrected chi connectivity index (χ4v) is 1.16. The van der Waals surface area contributed by atoms with E-state index in [9.17, 15) is 0 Å². The number of hydrogen-bond donors (Lipinski definition) is 0. The van der Waals surface area contributed by atoms with Gasteiger partial charge in [-0.3, -0.25) is 0 Å². The molecule has 0 bridgehead atoms. The lowest BCUT2D eigenvalue weighted by Gasteiger charge is -2.03. The third-order valence-corrected chi connectivity index (χ3v) is 1.80. The van der Waals surface area contributed by atoms with E-state index < -0.39 is 0 Å². The summed E-state index contributed by atoms with van der Waals surface area (Å²) < 4.78 is 6.37. The number of terminal acetylenes is 1. The molecule has 12 heavy (non-hydrogen) atoms. The molecule has 0 aliphatic rings. The number of rotatable bonds is 3. The van der Waals surface area contributed by atoms with Crippen molar-refractivity contribution in [1.82, 2.24) is 0 Å². The first-order valence-electron chi connectivity index (χ1n) is 3.65. The van der Waals surface area contributed by atoms with Crippen LogP contribution in [0.5, 0.6) is 5.75 Å². The molecule has 1 aromatic rings. The van der Waals surface area contributed by atoms with Gasteiger partial charge in [0, 0.05) is 10.9 Å². The Morgan fingerprint density at radius 2 is 2.33 bits per heavy atom. The summed E-state index contributed by atoms with van der Waals surface area (Å²) in [6.45, 7) is 0.576. The lowest BCUT2D eigenvalue weighted by molar-refractivity contribution is 0.327. The molecule has 1 aromatic carbocycles. The summed E-state index contributed by atoms with van der Waals surface area (Å²) in [5.74, 6) is 3.36. The van der Waals surface area contributed by atoms with Crippen LogP contribution in [0.2, 0.25) is 0 Å². The van der Waals surface area contributed by atoms with Crippen molar-refractivity contribution in [1.29, 1.82) is 0 Å². The molecule has 0 aliphatic carbocycles. The summed E-state index contributed by atoms with van der Waals surface area (Å²) in [6, 6.07) is 7.70. The highest BCUT2D eigenvalue weighted by atomic mass is 79.9. The Hall–Kier alpha value is -0.940. The van der Waals surface area contributed by atoms with Gasteiger partial charge in [0.1, 0.15) is 5.75 Å². The van der Waals surface area contributed by atoms with Crippen LogP contribution in [-0.2, 0) is 0 Å². The highest BCUT2D eigenvalue weighted by molar-refractivity contribution is 9.10. The van der Waals surface area contributed by atoms with Gasteiger partial charge in [0.2, 0.25) is 0 Å². The van der Waals surface area contributed by atoms with Crippen molar-refractivity contribution < 1.29 is 4.74 Å². The molecule has 1 rings (SSSR count). The Morgan fingerprint density at radius 1 is 1.50 bits per heavy atom. The van der Waals surface area contributed by atoms with E-state index in [4.69, 9.17) is 11.2 Å². The van der Waals surface area contributed by atoms with E-state index in [1.807, 2.05) is 24.3 Å². The van der Waals surface area contributed by atoms with Gasteiger partial charge in [-0.1, -0.05) is 22.0 Å². The van der Waals surface area contributed by atoms with Gasteiger partial charge < -0.3 is 4.74 Å². The molecular formula is C10H9BrO. The van der Waals surface area contributed by atoms with Gasteiger partial charge in [-0.25, -0.2) is 0 Å². The van der Waals surface area contributed by atoms with E-state index in [-0.39, 0.29) is 0 Å². The van der Waals surface area contributed by atoms with Crippen LogP contribution < -0.4 is 4.74 Å². The SMILES string of the molecule is C#CCCOc1cccc(Br)c1. The van der Waals surface area contributed by atoms with E-state index >= 15 is 0 Å². The molecule has 1 nitrogen and oxygen atoms in total. The minimum Gasteiger partial charge on any atom is -0.493 e. The average Bonchev–Trinajstić information content (AvgIpc) is 2.05. The van der Waals surface area contributed by atoms with E-state index in [1.165, 1.54) is 0 Å². The Labute approximate surface area is 80.9 Å². The minimum absolute atomic E-state index is 0.576. The normalized spacial score (nSPS) is 9.00. The van der Waals surface area contributed by atoms with E-state index in [0.717, 1.165) is 10.2 Å². The molecule has 2 heteroatoms. The monoisotopic (exact) mass is 224 g/mol. The summed E-state index contributed by atoms with van der Waals surface area (Å²) in [5, 5.41) is 0. The molecule has 0 N–H and O–H groups in total. The van der Waals surface area contributed by atoms with Crippen LogP contribution in [0.3, 0.4) is 0 Å². The number of halogens is 1. The van der Waals surface area contributed by atoms with Gasteiger partial charge in [-0.15, -0.1) is 12.3 Å². The van der Waals surface area contributed by atoms with E-state index in [2.05, 4.69) is 21.9 Å². The van der Waals surface area contributed by atoms with Crippen molar-refractivity contribution in [2.24, 2.45) is 0 Å². The van der Waals surface area contributed by atoms with Gasteiger partial charge in [-0.2, -0.15) is 0 Å². The topological polar surface area (TPSA) is 9.23 Å². The summed E-state index contributed by atoms with van der Waals surface area (Å²) in [4.78, 5) is 0. The second-order valence-corrected chi connectivity index (χ2v) is 3.18. The van der Waals surface area contributed by atoms with Crippen molar-refractivity contribution in [3.05, 3.63) is 28.7 Å². The van der Waals surface area contributed by atoms with Gasteiger partial charge >= 0.3 is 0 Å². The Morgan fingerprint density at radius 3 is 3.00 bits per heavy atom. The maximum absolute atomic E-state index is 5.35. The predicted molar refractivity (Wildman–Crippen MR) is 53.1 cm³/mol. The van der Waals surface area contributed by atoms with Crippen molar-refractivity contribution in [2.75, 3.05) is 6.61 Å². The van der Waals surface area contributed by atoms with Crippen LogP contribution >= 0.6 is 15.9 Å². The Balaban J connectivity index is 2.48. The van der Waals surface area contributed by atoms with Gasteiger partial charge in [0.05, 0.1) is 6.61 Å². The van der Waals surface area contributed by atoms with Gasteiger partial charge in [0.25, 0.3) is 0 Å². The summed E-state index contributed by atoms with van der Waals surface area (Å²) >= 11 is 3.35. The summed E-state index contributed by atoms with van der Waals surface area (Å²) in [7, 11) is 0. The maximum atomic E-state index is 5.35. The first-order chi connectivity index (χ1) is 5.83. The lowest BCUT2D eigenvalue weighted by Crippen LogP contribution is -1.94. The highest BCUT2D eigenvalue weighted by Crippen LogP contribution is 2.17. The first kappa shape index (κ1) is 9.15. The van der Waals surface area contributed by atoms with Crippen LogP contribution in [0.25, 0.3) is 0 Å². The van der Waals surface area contributed by atoms with Crippen molar-refractivity contribution in [2.45, 2.75) is 6.42 Å². The smallest absolute Gasteiger partial charge is 0.120 e. The molecule has 0 heterocycles. The van der Waals surface area contributed by atoms with Crippen LogP contribution in [0.4, 0.5) is 0 Å². The lowest BCUT2D eigenvalue weighted by atomic mass is 10.3. The molecule has 0 amide bonds. The van der Waals surface area contributed by atoms with Gasteiger partial charge in [-0.05, 0) is 18.2 Å². The molecule has 0 fully saturated rings. The quantitative estimate of drug-likeness (QED) is 0.567. The second-order valence-electron chi connectivity index (χ2n) is 2.26. The molecule has 0 aliphatic heterocycles. The van der Waals surface area contributed by atoms with Crippen molar-refractivity contribution in [3.63, 3.8) is 0 Å². The molecule has 0 saturated heterocycles. The Kier molecular flexibility index (Phi) is 3.69. The maximum Gasteiger partial charge on any atom is 0.120 e. The zero-order valence-electron chi connectivity index (χ0n) is 6.59. The van der Waals surface area contributed by atoms with Crippen molar-refractivity contribution in [3.8, 4) is 18.1 Å². The van der Waals surface area contributed by atoms with Crippen LogP contribution in [0.1, 0.15) is 6.42 Å². The molecule has 62 valence electrons. The van der Waals surface area contributed by atoms with Gasteiger partial charge in [0.15, 0.2) is 0 Å². The van der Waals surface area contributed by atoms with Crippen LogP contribution in [0, 0.1) is 12.3 Å². The standard InChI is InChI=1S/C10H9BrO/c1-2-3-7-12-10-6-4-5-9(11)8-10/h1,4-6,8H,3,7H2. The first-order valence-corrected chi connectivity index (χ1v) is 4.44. The predicted octanol–water partition coefficient (Wildman–Crippen LogP) is 2.85. The van der Waals surface area contributed by atoms with Crippen LogP contribution in [0.15, 0.2) is 28.7 Å². The molecule has 0 atom stereocenters. The zero-order valence-corrected chi connectivity index (χ0v) is 8.17. The molecule has 0 saturated carbocycles. The largest absolute Gasteiger partial charge is 0.493 e. The average molecular weight is 225 g/mol. The third-order valence-electron chi connectivity index (χ3n) is 1.31. The molecule has 0 spiro atoms. The number of hydrogen-bond acceptors (Lipinski definition) is 1. The minimum atomic E-state index is 0.576. The molecule has 0 radical (unpaired) electrons. The number of ether oxygens (including phenoxy) is 1. The van der Waals surface area contributed by atoms with E-state index in [0.29, 0.717) is 13.0 Å².